The molecule has 0 bridgehead atoms. The number of carbonyl (C=O) groups excluding carboxylic acids is 3. The van der Waals surface area contributed by atoms with Crippen LogP contribution in [0, 0.1) is 0 Å². The third kappa shape index (κ3) is 5.85. The minimum absolute atomic E-state index is 0.107. The van der Waals surface area contributed by atoms with E-state index in [2.05, 4.69) is 5.32 Å². The molecule has 1 aromatic heterocycles. The molecule has 0 spiro atoms. The number of Topliss-reactive ketones (excluding diaryl/α,β-unsaturated/α-hetero) is 1. The summed E-state index contributed by atoms with van der Waals surface area (Å²) in [6.45, 7) is 1.42. The van der Waals surface area contributed by atoms with Gasteiger partial charge >= 0.3 is 5.97 Å². The first kappa shape index (κ1) is 19.4. The molecular weight excluding hydrogens is 385 g/mol. The summed E-state index contributed by atoms with van der Waals surface area (Å²) in [6, 6.07) is 8.33. The van der Waals surface area contributed by atoms with Gasteiger partial charge in [-0.05, 0) is 24.3 Å². The first-order chi connectivity index (χ1) is 11.9. The zero-order chi connectivity index (χ0) is 18.4. The Kier molecular flexibility index (Phi) is 6.99. The number of nitrogens with one attached hydrogen (secondary N) is 1. The van der Waals surface area contributed by atoms with Crippen molar-refractivity contribution in [1.82, 2.24) is 5.32 Å². The minimum Gasteiger partial charge on any atom is -0.457 e. The molecule has 25 heavy (non-hydrogen) atoms. The quantitative estimate of drug-likeness (QED) is 0.569. The van der Waals surface area contributed by atoms with Crippen LogP contribution in [0.25, 0.3) is 0 Å². The van der Waals surface area contributed by atoms with Gasteiger partial charge in [0.1, 0.15) is 0 Å². The van der Waals surface area contributed by atoms with E-state index in [0.29, 0.717) is 27.0 Å². The normalized spacial score (nSPS) is 10.4. The van der Waals surface area contributed by atoms with Crippen molar-refractivity contribution in [3.8, 4) is 0 Å². The molecule has 1 amide bonds. The average molecular weight is 400 g/mol. The number of hydrogen-bond donors (Lipinski definition) is 1. The van der Waals surface area contributed by atoms with Crippen LogP contribution in [-0.2, 0) is 27.3 Å². The number of halogens is 2. The average Bonchev–Trinajstić information content (AvgIpc) is 3.03. The van der Waals surface area contributed by atoms with Gasteiger partial charge in [-0.15, -0.1) is 11.3 Å². The number of thiophene rings is 1. The molecule has 1 heterocycles. The Morgan fingerprint density at radius 2 is 1.80 bits per heavy atom. The van der Waals surface area contributed by atoms with E-state index >= 15 is 0 Å². The predicted octanol–water partition coefficient (Wildman–Crippen LogP) is 3.66. The molecule has 0 atom stereocenters. The third-order valence-electron chi connectivity index (χ3n) is 3.20. The summed E-state index contributed by atoms with van der Waals surface area (Å²) >= 11 is 13.2. The zero-order valence-electron chi connectivity index (χ0n) is 13.3. The highest BCUT2D eigenvalue weighted by atomic mass is 35.5. The predicted molar refractivity (Wildman–Crippen MR) is 97.3 cm³/mol. The van der Waals surface area contributed by atoms with Gasteiger partial charge in [0.25, 0.3) is 0 Å². The minimum atomic E-state index is -0.585. The molecule has 0 saturated carbocycles. The maximum absolute atomic E-state index is 12.1. The van der Waals surface area contributed by atoms with E-state index in [1.54, 1.807) is 30.3 Å². The monoisotopic (exact) mass is 399 g/mol. The Hall–Kier alpha value is -1.89. The van der Waals surface area contributed by atoms with E-state index in [0.717, 1.165) is 4.88 Å². The lowest BCUT2D eigenvalue weighted by Crippen LogP contribution is -2.18. The van der Waals surface area contributed by atoms with Crippen LogP contribution in [-0.4, -0.2) is 24.3 Å². The van der Waals surface area contributed by atoms with Gasteiger partial charge in [-0.25, -0.2) is 0 Å². The fraction of sp³-hybridized carbons (Fsp3) is 0.235. The van der Waals surface area contributed by atoms with Crippen LogP contribution in [0.1, 0.15) is 27.0 Å². The first-order valence-corrected chi connectivity index (χ1v) is 8.89. The molecule has 1 N–H and O–H groups in total. The maximum Gasteiger partial charge on any atom is 0.310 e. The SMILES string of the molecule is CC(=O)NCc1ccc(C(=O)COC(=O)Cc2c(Cl)cccc2Cl)s1. The molecule has 0 unspecified atom stereocenters. The molecule has 0 aliphatic heterocycles. The number of rotatable bonds is 7. The van der Waals surface area contributed by atoms with Crippen molar-refractivity contribution in [2.24, 2.45) is 0 Å². The van der Waals surface area contributed by atoms with E-state index in [1.807, 2.05) is 0 Å². The Bertz CT molecular complexity index is 783. The summed E-state index contributed by atoms with van der Waals surface area (Å²) < 4.78 is 5.01. The molecule has 0 fully saturated rings. The number of hydrogen-bond acceptors (Lipinski definition) is 5. The Labute approximate surface area is 158 Å². The van der Waals surface area contributed by atoms with Gasteiger partial charge in [-0.3, -0.25) is 14.4 Å². The standard InChI is InChI=1S/C17H15Cl2NO4S/c1-10(21)20-8-11-5-6-16(25-11)15(22)9-24-17(23)7-12-13(18)3-2-4-14(12)19/h2-6H,7-9H2,1H3,(H,20,21). The van der Waals surface area contributed by atoms with Gasteiger partial charge in [0.15, 0.2) is 6.61 Å². The number of esters is 1. The molecule has 8 heteroatoms. The van der Waals surface area contributed by atoms with Crippen LogP contribution < -0.4 is 5.32 Å². The van der Waals surface area contributed by atoms with Crippen molar-refractivity contribution in [2.45, 2.75) is 19.9 Å². The van der Waals surface area contributed by atoms with Gasteiger partial charge in [-0.2, -0.15) is 0 Å². The van der Waals surface area contributed by atoms with Crippen molar-refractivity contribution >= 4 is 52.2 Å². The van der Waals surface area contributed by atoms with E-state index in [9.17, 15) is 14.4 Å². The second kappa shape index (κ2) is 8.99. The molecule has 0 radical (unpaired) electrons. The lowest BCUT2D eigenvalue weighted by atomic mass is 10.1. The highest BCUT2D eigenvalue weighted by Crippen LogP contribution is 2.25. The maximum atomic E-state index is 12.1. The second-order valence-electron chi connectivity index (χ2n) is 5.14. The highest BCUT2D eigenvalue weighted by molar-refractivity contribution is 7.14. The van der Waals surface area contributed by atoms with Gasteiger partial charge in [-0.1, -0.05) is 29.3 Å². The van der Waals surface area contributed by atoms with Crippen molar-refractivity contribution in [3.05, 3.63) is 55.7 Å². The molecule has 0 saturated heterocycles. The molecule has 132 valence electrons. The molecule has 1 aromatic carbocycles. The van der Waals surface area contributed by atoms with Crippen molar-refractivity contribution in [1.29, 1.82) is 0 Å². The highest BCUT2D eigenvalue weighted by Gasteiger charge is 2.15. The van der Waals surface area contributed by atoms with Gasteiger partial charge in [0, 0.05) is 27.4 Å². The third-order valence-corrected chi connectivity index (χ3v) is 5.03. The van der Waals surface area contributed by atoms with Crippen LogP contribution in [0.15, 0.2) is 30.3 Å². The lowest BCUT2D eigenvalue weighted by Gasteiger charge is -2.07. The molecule has 0 aliphatic carbocycles. The summed E-state index contributed by atoms with van der Waals surface area (Å²) in [5.41, 5.74) is 0.469. The Morgan fingerprint density at radius 3 is 2.44 bits per heavy atom. The zero-order valence-corrected chi connectivity index (χ0v) is 15.6. The topological polar surface area (TPSA) is 72.5 Å². The summed E-state index contributed by atoms with van der Waals surface area (Å²) in [5, 5.41) is 3.40. The van der Waals surface area contributed by atoms with Crippen LogP contribution in [0.2, 0.25) is 10.0 Å². The number of ketones is 1. The first-order valence-electron chi connectivity index (χ1n) is 7.31. The fourth-order valence-corrected chi connectivity index (χ4v) is 3.35. The van der Waals surface area contributed by atoms with E-state index in [-0.39, 0.29) is 24.7 Å². The molecule has 2 aromatic rings. The van der Waals surface area contributed by atoms with E-state index in [1.165, 1.54) is 18.3 Å². The van der Waals surface area contributed by atoms with Crippen LogP contribution in [0.5, 0.6) is 0 Å². The largest absolute Gasteiger partial charge is 0.457 e. The van der Waals surface area contributed by atoms with E-state index in [4.69, 9.17) is 27.9 Å². The van der Waals surface area contributed by atoms with Crippen LogP contribution >= 0.6 is 34.5 Å². The van der Waals surface area contributed by atoms with Gasteiger partial charge < -0.3 is 10.1 Å². The summed E-state index contributed by atoms with van der Waals surface area (Å²) in [4.78, 5) is 36.2. The Balaban J connectivity index is 1.87. The van der Waals surface area contributed by atoms with Gasteiger partial charge in [0.2, 0.25) is 11.7 Å². The lowest BCUT2D eigenvalue weighted by molar-refractivity contribution is -0.141. The van der Waals surface area contributed by atoms with Crippen molar-refractivity contribution in [2.75, 3.05) is 6.61 Å². The number of carbonyl (C=O) groups is 3. The van der Waals surface area contributed by atoms with Gasteiger partial charge in [0.05, 0.1) is 17.8 Å². The number of ether oxygens (including phenoxy) is 1. The van der Waals surface area contributed by atoms with Crippen molar-refractivity contribution < 1.29 is 19.1 Å². The smallest absolute Gasteiger partial charge is 0.310 e. The summed E-state index contributed by atoms with van der Waals surface area (Å²) in [6.07, 6.45) is -0.107. The second-order valence-corrected chi connectivity index (χ2v) is 7.12. The van der Waals surface area contributed by atoms with Crippen molar-refractivity contribution in [3.63, 3.8) is 0 Å². The fourth-order valence-electron chi connectivity index (χ4n) is 1.95. The molecular formula is C17H15Cl2NO4S. The molecule has 2 rings (SSSR count). The number of amides is 1. The van der Waals surface area contributed by atoms with Crippen LogP contribution in [0.4, 0.5) is 0 Å². The van der Waals surface area contributed by atoms with Crippen LogP contribution in [0.3, 0.4) is 0 Å². The summed E-state index contributed by atoms with van der Waals surface area (Å²) in [5.74, 6) is -1.04. The summed E-state index contributed by atoms with van der Waals surface area (Å²) in [7, 11) is 0. The molecule has 0 aliphatic rings. The number of benzene rings is 1. The van der Waals surface area contributed by atoms with E-state index < -0.39 is 5.97 Å². The molecule has 5 nitrogen and oxygen atoms in total. The Morgan fingerprint density at radius 1 is 1.12 bits per heavy atom.